The van der Waals surface area contributed by atoms with Gasteiger partial charge in [0.1, 0.15) is 11.6 Å². The Morgan fingerprint density at radius 3 is 2.54 bits per heavy atom. The van der Waals surface area contributed by atoms with Gasteiger partial charge in [-0.05, 0) is 37.1 Å². The SMILES string of the molecule is O=[N+]([O-])c1cccnc1N1CCC(=CC#Cc2cc(F)cc(F)c2)CC1. The maximum Gasteiger partial charge on any atom is 0.311 e. The van der Waals surface area contributed by atoms with Crippen molar-refractivity contribution >= 4 is 11.5 Å². The number of rotatable bonds is 2. The number of allylic oxidation sites excluding steroid dienone is 1. The molecule has 1 aliphatic heterocycles. The Labute approximate surface area is 149 Å². The van der Waals surface area contributed by atoms with E-state index in [-0.39, 0.29) is 11.3 Å². The third-order valence-corrected chi connectivity index (χ3v) is 4.02. The Morgan fingerprint density at radius 1 is 1.19 bits per heavy atom. The van der Waals surface area contributed by atoms with Crippen LogP contribution in [0.4, 0.5) is 20.3 Å². The average Bonchev–Trinajstić information content (AvgIpc) is 2.61. The first-order valence-electron chi connectivity index (χ1n) is 8.03. The maximum absolute atomic E-state index is 13.1. The van der Waals surface area contributed by atoms with E-state index in [0.717, 1.165) is 11.6 Å². The van der Waals surface area contributed by atoms with Gasteiger partial charge in [0.05, 0.1) is 4.92 Å². The van der Waals surface area contributed by atoms with Gasteiger partial charge in [0, 0.05) is 37.0 Å². The molecule has 0 atom stereocenters. The summed E-state index contributed by atoms with van der Waals surface area (Å²) in [6.07, 6.45) is 4.67. The topological polar surface area (TPSA) is 59.3 Å². The van der Waals surface area contributed by atoms with Crippen molar-refractivity contribution in [1.29, 1.82) is 0 Å². The molecule has 0 radical (unpaired) electrons. The molecule has 5 nitrogen and oxygen atoms in total. The summed E-state index contributed by atoms with van der Waals surface area (Å²) < 4.78 is 26.2. The van der Waals surface area contributed by atoms with Crippen LogP contribution in [0.25, 0.3) is 0 Å². The summed E-state index contributed by atoms with van der Waals surface area (Å²) >= 11 is 0. The Balaban J connectivity index is 1.67. The molecular formula is C19H15F2N3O2. The van der Waals surface area contributed by atoms with E-state index in [1.807, 2.05) is 4.90 Å². The van der Waals surface area contributed by atoms with Crippen LogP contribution in [0.1, 0.15) is 18.4 Å². The van der Waals surface area contributed by atoms with Crippen molar-refractivity contribution in [1.82, 2.24) is 4.98 Å². The van der Waals surface area contributed by atoms with E-state index in [1.54, 1.807) is 12.1 Å². The van der Waals surface area contributed by atoms with E-state index in [2.05, 4.69) is 16.8 Å². The summed E-state index contributed by atoms with van der Waals surface area (Å²) in [4.78, 5) is 16.7. The summed E-state index contributed by atoms with van der Waals surface area (Å²) in [5.74, 6) is 4.59. The number of pyridine rings is 1. The first-order chi connectivity index (χ1) is 12.5. The standard InChI is InChI=1S/C19H15F2N3O2/c20-16-11-15(12-17(21)13-16)4-1-3-14-6-9-23(10-7-14)19-18(24(25)26)5-2-8-22-19/h2-3,5,8,11-13H,6-7,9-10H2. The quantitative estimate of drug-likeness (QED) is 0.466. The monoisotopic (exact) mass is 355 g/mol. The van der Waals surface area contributed by atoms with Gasteiger partial charge in [-0.2, -0.15) is 0 Å². The van der Waals surface area contributed by atoms with Gasteiger partial charge in [-0.1, -0.05) is 17.4 Å². The number of nitrogens with zero attached hydrogens (tertiary/aromatic N) is 3. The predicted octanol–water partition coefficient (Wildman–Crippen LogP) is 3.85. The van der Waals surface area contributed by atoms with Crippen LogP contribution in [-0.2, 0) is 0 Å². The number of nitro groups is 1. The minimum absolute atomic E-state index is 0.00662. The van der Waals surface area contributed by atoms with Crippen LogP contribution >= 0.6 is 0 Å². The molecular weight excluding hydrogens is 340 g/mol. The smallest absolute Gasteiger partial charge is 0.311 e. The molecule has 0 saturated carbocycles. The second-order valence-corrected chi connectivity index (χ2v) is 5.82. The van der Waals surface area contributed by atoms with Crippen LogP contribution in [0.5, 0.6) is 0 Å². The highest BCUT2D eigenvalue weighted by Gasteiger charge is 2.23. The average molecular weight is 355 g/mol. The molecule has 0 bridgehead atoms. The number of benzene rings is 1. The lowest BCUT2D eigenvalue weighted by molar-refractivity contribution is -0.384. The Kier molecular flexibility index (Phi) is 5.23. The normalized spacial score (nSPS) is 13.8. The molecule has 2 heterocycles. The molecule has 132 valence electrons. The summed E-state index contributed by atoms with van der Waals surface area (Å²) in [7, 11) is 0. The van der Waals surface area contributed by atoms with E-state index in [0.29, 0.717) is 31.7 Å². The number of halogens is 2. The highest BCUT2D eigenvalue weighted by atomic mass is 19.1. The number of hydrogen-bond acceptors (Lipinski definition) is 4. The van der Waals surface area contributed by atoms with E-state index >= 15 is 0 Å². The van der Waals surface area contributed by atoms with Crippen molar-refractivity contribution in [2.45, 2.75) is 12.8 Å². The summed E-state index contributed by atoms with van der Waals surface area (Å²) in [6, 6.07) is 6.14. The lowest BCUT2D eigenvalue weighted by Crippen LogP contribution is -2.31. The first kappa shape index (κ1) is 17.5. The van der Waals surface area contributed by atoms with Crippen molar-refractivity contribution < 1.29 is 13.7 Å². The van der Waals surface area contributed by atoms with Gasteiger partial charge < -0.3 is 4.90 Å². The van der Waals surface area contributed by atoms with E-state index in [9.17, 15) is 18.9 Å². The fraction of sp³-hybridized carbons (Fsp3) is 0.211. The van der Waals surface area contributed by atoms with Gasteiger partial charge in [-0.15, -0.1) is 0 Å². The summed E-state index contributed by atoms with van der Waals surface area (Å²) in [5.41, 5.74) is 1.36. The molecule has 1 aromatic carbocycles. The third-order valence-electron chi connectivity index (χ3n) is 4.02. The van der Waals surface area contributed by atoms with Gasteiger partial charge in [0.15, 0.2) is 0 Å². The van der Waals surface area contributed by atoms with Gasteiger partial charge in [0.25, 0.3) is 0 Å². The molecule has 7 heteroatoms. The zero-order chi connectivity index (χ0) is 18.5. The molecule has 3 rings (SSSR count). The molecule has 26 heavy (non-hydrogen) atoms. The number of hydrogen-bond donors (Lipinski definition) is 0. The van der Waals surface area contributed by atoms with Crippen molar-refractivity contribution in [2.24, 2.45) is 0 Å². The van der Waals surface area contributed by atoms with Crippen LogP contribution in [0.3, 0.4) is 0 Å². The highest BCUT2D eigenvalue weighted by molar-refractivity contribution is 5.58. The molecule has 0 aliphatic carbocycles. The third kappa shape index (κ3) is 4.22. The van der Waals surface area contributed by atoms with Gasteiger partial charge in [-0.25, -0.2) is 13.8 Å². The Hall–Kier alpha value is -3.27. The summed E-state index contributed by atoms with van der Waals surface area (Å²) in [5, 5.41) is 11.1. The second-order valence-electron chi connectivity index (χ2n) is 5.82. The molecule has 0 amide bonds. The second kappa shape index (κ2) is 7.74. The molecule has 0 unspecified atom stereocenters. The number of piperidine rings is 1. The van der Waals surface area contributed by atoms with Crippen molar-refractivity contribution in [3.05, 3.63) is 75.5 Å². The van der Waals surface area contributed by atoms with Gasteiger partial charge >= 0.3 is 5.69 Å². The van der Waals surface area contributed by atoms with E-state index in [1.165, 1.54) is 24.4 Å². The van der Waals surface area contributed by atoms with Gasteiger partial charge in [-0.3, -0.25) is 10.1 Å². The van der Waals surface area contributed by atoms with Crippen LogP contribution < -0.4 is 4.90 Å². The molecule has 0 spiro atoms. The highest BCUT2D eigenvalue weighted by Crippen LogP contribution is 2.28. The van der Waals surface area contributed by atoms with Crippen molar-refractivity contribution in [3.8, 4) is 11.8 Å². The first-order valence-corrected chi connectivity index (χ1v) is 8.03. The molecule has 2 aromatic rings. The zero-order valence-electron chi connectivity index (χ0n) is 13.8. The molecule has 0 N–H and O–H groups in total. The van der Waals surface area contributed by atoms with Crippen molar-refractivity contribution in [2.75, 3.05) is 18.0 Å². The minimum Gasteiger partial charge on any atom is -0.350 e. The lowest BCUT2D eigenvalue weighted by Gasteiger charge is -2.28. The van der Waals surface area contributed by atoms with E-state index < -0.39 is 16.6 Å². The van der Waals surface area contributed by atoms with Crippen molar-refractivity contribution in [3.63, 3.8) is 0 Å². The molecule has 1 fully saturated rings. The van der Waals surface area contributed by atoms with Crippen LogP contribution in [-0.4, -0.2) is 23.0 Å². The van der Waals surface area contributed by atoms with Crippen LogP contribution in [0, 0.1) is 33.6 Å². The largest absolute Gasteiger partial charge is 0.350 e. The van der Waals surface area contributed by atoms with Gasteiger partial charge in [0.2, 0.25) is 5.82 Å². The Morgan fingerprint density at radius 2 is 1.88 bits per heavy atom. The van der Waals surface area contributed by atoms with E-state index in [4.69, 9.17) is 0 Å². The maximum atomic E-state index is 13.1. The zero-order valence-corrected chi connectivity index (χ0v) is 13.8. The fourth-order valence-corrected chi connectivity index (χ4v) is 2.77. The summed E-state index contributed by atoms with van der Waals surface area (Å²) in [6.45, 7) is 1.19. The van der Waals surface area contributed by atoms with Crippen LogP contribution in [0.2, 0.25) is 0 Å². The van der Waals surface area contributed by atoms with Crippen LogP contribution in [0.15, 0.2) is 48.2 Å². The lowest BCUT2D eigenvalue weighted by atomic mass is 10.0. The number of aromatic nitrogens is 1. The molecule has 1 aromatic heterocycles. The predicted molar refractivity (Wildman–Crippen MR) is 93.7 cm³/mol. The molecule has 1 aliphatic rings. The molecule has 1 saturated heterocycles. The fourth-order valence-electron chi connectivity index (χ4n) is 2.77. The number of anilines is 1. The minimum atomic E-state index is -0.660. The Bertz CT molecular complexity index is 902.